The Morgan fingerprint density at radius 1 is 1.54 bits per heavy atom. The van der Waals surface area contributed by atoms with E-state index in [-0.39, 0.29) is 0 Å². The molecule has 0 radical (unpaired) electrons. The third-order valence-electron chi connectivity index (χ3n) is 1.45. The van der Waals surface area contributed by atoms with Gasteiger partial charge in [-0.2, -0.15) is 4.37 Å². The zero-order valence-corrected chi connectivity index (χ0v) is 8.74. The first kappa shape index (κ1) is 10.0. The molecule has 0 spiro atoms. The Morgan fingerprint density at radius 2 is 2.38 bits per heavy atom. The highest BCUT2D eigenvalue weighted by Crippen LogP contribution is 2.11. The molecule has 0 aromatic carbocycles. The fraction of sp³-hybridized carbons (Fsp3) is 0.556. The van der Waals surface area contributed by atoms with Crippen LogP contribution in [0.15, 0.2) is 0 Å². The number of nitrogens with one attached hydrogen (secondary N) is 1. The van der Waals surface area contributed by atoms with Crippen molar-refractivity contribution in [1.82, 2.24) is 9.36 Å². The van der Waals surface area contributed by atoms with Crippen molar-refractivity contribution in [2.45, 2.75) is 26.7 Å². The van der Waals surface area contributed by atoms with Crippen LogP contribution in [0.4, 0.5) is 5.13 Å². The maximum atomic E-state index is 4.30. The maximum absolute atomic E-state index is 4.30. The average Bonchev–Trinajstić information content (AvgIpc) is 2.54. The van der Waals surface area contributed by atoms with Crippen LogP contribution in [0.3, 0.4) is 0 Å². The molecule has 1 aromatic rings. The van der Waals surface area contributed by atoms with Gasteiger partial charge in [-0.25, -0.2) is 4.98 Å². The van der Waals surface area contributed by atoms with E-state index in [0.717, 1.165) is 23.8 Å². The Bertz CT molecular complexity index is 308. The Morgan fingerprint density at radius 3 is 3.08 bits per heavy atom. The van der Waals surface area contributed by atoms with E-state index < -0.39 is 0 Å². The largest absolute Gasteiger partial charge is 0.349 e. The van der Waals surface area contributed by atoms with E-state index in [4.69, 9.17) is 0 Å². The van der Waals surface area contributed by atoms with Gasteiger partial charge in [-0.3, -0.25) is 0 Å². The number of aromatic nitrogens is 2. The van der Waals surface area contributed by atoms with Gasteiger partial charge in [0.2, 0.25) is 5.13 Å². The molecule has 0 aliphatic carbocycles. The van der Waals surface area contributed by atoms with Crippen molar-refractivity contribution in [3.05, 3.63) is 5.82 Å². The molecule has 0 amide bonds. The highest BCUT2D eigenvalue weighted by molar-refractivity contribution is 7.09. The third-order valence-corrected chi connectivity index (χ3v) is 2.16. The second-order valence-corrected chi connectivity index (χ2v) is 3.30. The van der Waals surface area contributed by atoms with Crippen LogP contribution in [0.5, 0.6) is 0 Å². The van der Waals surface area contributed by atoms with E-state index in [1.54, 1.807) is 0 Å². The third kappa shape index (κ3) is 3.43. The minimum absolute atomic E-state index is 0.650. The number of anilines is 1. The molecule has 70 valence electrons. The smallest absolute Gasteiger partial charge is 0.203 e. The minimum atomic E-state index is 0.650. The lowest BCUT2D eigenvalue weighted by Gasteiger charge is -1.92. The second kappa shape index (κ2) is 5.55. The van der Waals surface area contributed by atoms with E-state index in [0.29, 0.717) is 6.54 Å². The molecule has 1 aromatic heterocycles. The Labute approximate surface area is 82.8 Å². The van der Waals surface area contributed by atoms with Crippen LogP contribution in [-0.4, -0.2) is 15.9 Å². The molecule has 0 atom stereocenters. The molecule has 1 N–H and O–H groups in total. The first-order chi connectivity index (χ1) is 6.36. The van der Waals surface area contributed by atoms with Gasteiger partial charge in [-0.15, -0.1) is 5.92 Å². The van der Waals surface area contributed by atoms with Crippen LogP contribution in [0.1, 0.15) is 26.1 Å². The van der Waals surface area contributed by atoms with Gasteiger partial charge < -0.3 is 5.32 Å². The summed E-state index contributed by atoms with van der Waals surface area (Å²) in [4.78, 5) is 4.30. The molecule has 1 rings (SSSR count). The molecule has 0 fully saturated rings. The van der Waals surface area contributed by atoms with E-state index in [2.05, 4.69) is 33.4 Å². The SMILES string of the molecule is CC#CCNc1nc(CCC)ns1. The summed E-state index contributed by atoms with van der Waals surface area (Å²) in [5.41, 5.74) is 0. The van der Waals surface area contributed by atoms with Crippen molar-refractivity contribution in [2.75, 3.05) is 11.9 Å². The number of aryl methyl sites for hydroxylation is 1. The molecule has 4 heteroatoms. The van der Waals surface area contributed by atoms with Crippen LogP contribution < -0.4 is 5.32 Å². The van der Waals surface area contributed by atoms with Gasteiger partial charge in [-0.05, 0) is 13.3 Å². The van der Waals surface area contributed by atoms with Gasteiger partial charge in [0.1, 0.15) is 5.82 Å². The molecule has 13 heavy (non-hydrogen) atoms. The normalized spacial score (nSPS) is 9.08. The van der Waals surface area contributed by atoms with Crippen molar-refractivity contribution in [1.29, 1.82) is 0 Å². The van der Waals surface area contributed by atoms with Gasteiger partial charge in [0, 0.05) is 18.0 Å². The molecular formula is C9H13N3S. The van der Waals surface area contributed by atoms with Crippen molar-refractivity contribution < 1.29 is 0 Å². The Balaban J connectivity index is 2.42. The summed E-state index contributed by atoms with van der Waals surface area (Å²) >= 11 is 1.40. The maximum Gasteiger partial charge on any atom is 0.203 e. The Hall–Kier alpha value is -1.08. The molecular weight excluding hydrogens is 182 g/mol. The number of hydrogen-bond acceptors (Lipinski definition) is 4. The monoisotopic (exact) mass is 195 g/mol. The average molecular weight is 195 g/mol. The molecule has 1 heterocycles. The molecule has 0 aliphatic heterocycles. The predicted octanol–water partition coefficient (Wildman–Crippen LogP) is 1.93. The van der Waals surface area contributed by atoms with Crippen molar-refractivity contribution in [3.63, 3.8) is 0 Å². The lowest BCUT2D eigenvalue weighted by atomic mass is 10.3. The zero-order valence-electron chi connectivity index (χ0n) is 7.92. The Kier molecular flexibility index (Phi) is 4.27. The summed E-state index contributed by atoms with van der Waals surface area (Å²) in [6, 6.07) is 0. The summed E-state index contributed by atoms with van der Waals surface area (Å²) in [5, 5.41) is 3.96. The van der Waals surface area contributed by atoms with Crippen LogP contribution in [0, 0.1) is 11.8 Å². The number of nitrogens with zero attached hydrogens (tertiary/aromatic N) is 2. The standard InChI is InChI=1S/C9H13N3S/c1-3-5-7-10-9-11-8(6-4-2)12-13-9/h4,6-7H2,1-2H3,(H,10,11,12). The van der Waals surface area contributed by atoms with E-state index in [1.807, 2.05) is 6.92 Å². The molecule has 0 saturated carbocycles. The molecule has 3 nitrogen and oxygen atoms in total. The van der Waals surface area contributed by atoms with Crippen molar-refractivity contribution >= 4 is 16.7 Å². The lowest BCUT2D eigenvalue weighted by molar-refractivity contribution is 0.862. The van der Waals surface area contributed by atoms with Crippen molar-refractivity contribution in [3.8, 4) is 11.8 Å². The lowest BCUT2D eigenvalue weighted by Crippen LogP contribution is -1.98. The van der Waals surface area contributed by atoms with E-state index >= 15 is 0 Å². The quantitative estimate of drug-likeness (QED) is 0.746. The summed E-state index contributed by atoms with van der Waals surface area (Å²) in [6.07, 6.45) is 2.04. The fourth-order valence-electron chi connectivity index (χ4n) is 0.859. The minimum Gasteiger partial charge on any atom is -0.349 e. The summed E-state index contributed by atoms with van der Waals surface area (Å²) < 4.78 is 4.20. The van der Waals surface area contributed by atoms with Crippen molar-refractivity contribution in [2.24, 2.45) is 0 Å². The topological polar surface area (TPSA) is 37.8 Å². The summed E-state index contributed by atoms with van der Waals surface area (Å²) in [7, 11) is 0. The van der Waals surface area contributed by atoms with Gasteiger partial charge >= 0.3 is 0 Å². The summed E-state index contributed by atoms with van der Waals surface area (Å²) in [5.74, 6) is 6.66. The highest BCUT2D eigenvalue weighted by Gasteiger charge is 2.00. The van der Waals surface area contributed by atoms with Gasteiger partial charge in [0.15, 0.2) is 0 Å². The van der Waals surface area contributed by atoms with E-state index in [9.17, 15) is 0 Å². The highest BCUT2D eigenvalue weighted by atomic mass is 32.1. The van der Waals surface area contributed by atoms with Crippen LogP contribution in [0.25, 0.3) is 0 Å². The number of rotatable bonds is 4. The summed E-state index contributed by atoms with van der Waals surface area (Å²) in [6.45, 7) is 4.60. The number of hydrogen-bond donors (Lipinski definition) is 1. The first-order valence-corrected chi connectivity index (χ1v) is 5.10. The van der Waals surface area contributed by atoms with Crippen LogP contribution in [0.2, 0.25) is 0 Å². The van der Waals surface area contributed by atoms with Crippen LogP contribution in [-0.2, 0) is 6.42 Å². The van der Waals surface area contributed by atoms with Crippen LogP contribution >= 0.6 is 11.5 Å². The molecule has 0 saturated heterocycles. The van der Waals surface area contributed by atoms with Gasteiger partial charge in [-0.1, -0.05) is 12.8 Å². The zero-order chi connectivity index (χ0) is 9.52. The molecule has 0 aliphatic rings. The molecule has 0 bridgehead atoms. The predicted molar refractivity (Wildman–Crippen MR) is 55.8 cm³/mol. The molecule has 0 unspecified atom stereocenters. The van der Waals surface area contributed by atoms with E-state index in [1.165, 1.54) is 11.5 Å². The van der Waals surface area contributed by atoms with Gasteiger partial charge in [0.05, 0.1) is 6.54 Å². The first-order valence-electron chi connectivity index (χ1n) is 4.33. The second-order valence-electron chi connectivity index (χ2n) is 2.55. The fourth-order valence-corrected chi connectivity index (χ4v) is 1.47. The van der Waals surface area contributed by atoms with Gasteiger partial charge in [0.25, 0.3) is 0 Å².